The summed E-state index contributed by atoms with van der Waals surface area (Å²) in [6.07, 6.45) is 5.07. The number of benzene rings is 2. The van der Waals surface area contributed by atoms with E-state index in [1.54, 1.807) is 18.2 Å². The van der Waals surface area contributed by atoms with Crippen molar-refractivity contribution in [3.05, 3.63) is 76.9 Å². The summed E-state index contributed by atoms with van der Waals surface area (Å²) in [4.78, 5) is 17.2. The van der Waals surface area contributed by atoms with Gasteiger partial charge in [-0.3, -0.25) is 9.78 Å². The number of aliphatic hydroxyl groups is 1. The summed E-state index contributed by atoms with van der Waals surface area (Å²) in [6, 6.07) is 12.5. The van der Waals surface area contributed by atoms with Gasteiger partial charge >= 0.3 is 0 Å². The number of pyridine rings is 1. The maximum atomic E-state index is 15.2. The molecule has 29 heavy (non-hydrogen) atoms. The Labute approximate surface area is 169 Å². The zero-order chi connectivity index (χ0) is 20.4. The SMILES string of the molecule is Cc1ccc(Cc2cc(C(=O)NC3CCCCC3O)c(F)c3ccccc23)cn1. The third kappa shape index (κ3) is 4.15. The molecule has 2 aromatic carbocycles. The number of hydrogen-bond acceptors (Lipinski definition) is 3. The van der Waals surface area contributed by atoms with E-state index < -0.39 is 17.8 Å². The number of aryl methyl sites for hydroxylation is 1. The lowest BCUT2D eigenvalue weighted by atomic mass is 9.91. The summed E-state index contributed by atoms with van der Waals surface area (Å²) in [7, 11) is 0. The van der Waals surface area contributed by atoms with E-state index in [-0.39, 0.29) is 11.6 Å². The van der Waals surface area contributed by atoms with Crippen LogP contribution >= 0.6 is 0 Å². The van der Waals surface area contributed by atoms with Crippen LogP contribution in [0.1, 0.15) is 52.9 Å². The monoisotopic (exact) mass is 392 g/mol. The van der Waals surface area contributed by atoms with Crippen LogP contribution in [-0.2, 0) is 6.42 Å². The fourth-order valence-electron chi connectivity index (χ4n) is 4.08. The largest absolute Gasteiger partial charge is 0.391 e. The Morgan fingerprint density at radius 2 is 1.93 bits per heavy atom. The van der Waals surface area contributed by atoms with Crippen LogP contribution in [0.4, 0.5) is 4.39 Å². The molecule has 0 radical (unpaired) electrons. The molecule has 1 aliphatic carbocycles. The van der Waals surface area contributed by atoms with Crippen LogP contribution in [0.5, 0.6) is 0 Å². The van der Waals surface area contributed by atoms with Crippen molar-refractivity contribution in [3.63, 3.8) is 0 Å². The lowest BCUT2D eigenvalue weighted by molar-refractivity contribution is 0.0714. The Bertz CT molecular complexity index is 1030. The normalized spacial score (nSPS) is 19.3. The molecule has 1 aromatic heterocycles. The molecule has 150 valence electrons. The maximum Gasteiger partial charge on any atom is 0.254 e. The van der Waals surface area contributed by atoms with Crippen molar-refractivity contribution in [1.29, 1.82) is 0 Å². The molecule has 1 saturated carbocycles. The van der Waals surface area contributed by atoms with Gasteiger partial charge in [-0.05, 0) is 54.8 Å². The molecule has 5 heteroatoms. The number of aliphatic hydroxyl groups excluding tert-OH is 1. The lowest BCUT2D eigenvalue weighted by Gasteiger charge is -2.28. The second kappa shape index (κ2) is 8.29. The highest BCUT2D eigenvalue weighted by Crippen LogP contribution is 2.28. The van der Waals surface area contributed by atoms with Crippen LogP contribution in [-0.4, -0.2) is 28.1 Å². The van der Waals surface area contributed by atoms with Gasteiger partial charge in [0.25, 0.3) is 5.91 Å². The standard InChI is InChI=1S/C24H25FN2O2/c1-15-10-11-16(14-26-15)12-17-13-20(23(25)19-7-3-2-6-18(17)19)24(29)27-21-8-4-5-9-22(21)28/h2-3,6-7,10-11,13-14,21-22,28H,4-5,8-9,12H2,1H3,(H,27,29). The minimum Gasteiger partial charge on any atom is -0.391 e. The first kappa shape index (κ1) is 19.5. The molecule has 1 aliphatic rings. The number of nitrogens with one attached hydrogen (secondary N) is 1. The first-order chi connectivity index (χ1) is 14.0. The van der Waals surface area contributed by atoms with Crippen LogP contribution in [0, 0.1) is 12.7 Å². The predicted octanol–water partition coefficient (Wildman–Crippen LogP) is 4.31. The molecule has 2 N–H and O–H groups in total. The van der Waals surface area contributed by atoms with E-state index in [4.69, 9.17) is 0 Å². The molecule has 0 bridgehead atoms. The average Bonchev–Trinajstić information content (AvgIpc) is 2.73. The van der Waals surface area contributed by atoms with Crippen molar-refractivity contribution in [1.82, 2.24) is 10.3 Å². The molecule has 4 rings (SSSR count). The minimum atomic E-state index is -0.575. The van der Waals surface area contributed by atoms with Crippen molar-refractivity contribution in [2.24, 2.45) is 0 Å². The molecule has 0 saturated heterocycles. The molecule has 2 atom stereocenters. The molecule has 3 aromatic rings. The van der Waals surface area contributed by atoms with Crippen LogP contribution in [0.15, 0.2) is 48.7 Å². The fourth-order valence-corrected chi connectivity index (χ4v) is 4.08. The van der Waals surface area contributed by atoms with Crippen molar-refractivity contribution in [2.45, 2.75) is 51.2 Å². The number of hydrogen-bond donors (Lipinski definition) is 2. The highest BCUT2D eigenvalue weighted by molar-refractivity contribution is 6.00. The fraction of sp³-hybridized carbons (Fsp3) is 0.333. The third-order valence-corrected chi connectivity index (χ3v) is 5.72. The van der Waals surface area contributed by atoms with Gasteiger partial charge in [-0.1, -0.05) is 43.2 Å². The minimum absolute atomic E-state index is 0.0246. The summed E-state index contributed by atoms with van der Waals surface area (Å²) in [6.45, 7) is 1.93. The molecule has 1 fully saturated rings. The molecule has 1 heterocycles. The molecule has 2 unspecified atom stereocenters. The number of rotatable bonds is 4. The van der Waals surface area contributed by atoms with Gasteiger partial charge in [-0.2, -0.15) is 0 Å². The van der Waals surface area contributed by atoms with Crippen LogP contribution in [0.2, 0.25) is 0 Å². The Morgan fingerprint density at radius 3 is 2.66 bits per heavy atom. The van der Waals surface area contributed by atoms with Gasteiger partial charge in [0.1, 0.15) is 5.82 Å². The average molecular weight is 392 g/mol. The first-order valence-corrected chi connectivity index (χ1v) is 10.1. The van der Waals surface area contributed by atoms with E-state index in [2.05, 4.69) is 10.3 Å². The number of carbonyl (C=O) groups is 1. The van der Waals surface area contributed by atoms with Gasteiger partial charge in [0.05, 0.1) is 17.7 Å². The van der Waals surface area contributed by atoms with Gasteiger partial charge in [0, 0.05) is 17.3 Å². The number of amides is 1. The van der Waals surface area contributed by atoms with Gasteiger partial charge in [0.2, 0.25) is 0 Å². The van der Waals surface area contributed by atoms with Gasteiger partial charge < -0.3 is 10.4 Å². The van der Waals surface area contributed by atoms with Crippen LogP contribution in [0.25, 0.3) is 10.8 Å². The Balaban J connectivity index is 1.71. The van der Waals surface area contributed by atoms with Crippen molar-refractivity contribution >= 4 is 16.7 Å². The number of nitrogens with zero attached hydrogens (tertiary/aromatic N) is 1. The maximum absolute atomic E-state index is 15.2. The highest BCUT2D eigenvalue weighted by Gasteiger charge is 2.26. The molecule has 1 amide bonds. The smallest absolute Gasteiger partial charge is 0.254 e. The molecule has 0 spiro atoms. The zero-order valence-electron chi connectivity index (χ0n) is 16.5. The quantitative estimate of drug-likeness (QED) is 0.696. The second-order valence-corrected chi connectivity index (χ2v) is 7.86. The molecular formula is C24H25FN2O2. The second-order valence-electron chi connectivity index (χ2n) is 7.86. The van der Waals surface area contributed by atoms with E-state index in [9.17, 15) is 9.90 Å². The Kier molecular flexibility index (Phi) is 5.58. The van der Waals surface area contributed by atoms with E-state index in [1.807, 2.05) is 37.4 Å². The van der Waals surface area contributed by atoms with Gasteiger partial charge in [-0.15, -0.1) is 0 Å². The number of carbonyl (C=O) groups excluding carboxylic acids is 1. The van der Waals surface area contributed by atoms with Crippen molar-refractivity contribution < 1.29 is 14.3 Å². The summed E-state index contributed by atoms with van der Waals surface area (Å²) < 4.78 is 15.2. The van der Waals surface area contributed by atoms with E-state index in [0.29, 0.717) is 24.6 Å². The molecule has 0 aliphatic heterocycles. The van der Waals surface area contributed by atoms with Gasteiger partial charge in [-0.25, -0.2) is 4.39 Å². The number of halogens is 1. The summed E-state index contributed by atoms with van der Waals surface area (Å²) >= 11 is 0. The van der Waals surface area contributed by atoms with E-state index in [1.165, 1.54) is 0 Å². The van der Waals surface area contributed by atoms with Crippen molar-refractivity contribution in [2.75, 3.05) is 0 Å². The summed E-state index contributed by atoms with van der Waals surface area (Å²) in [5, 5.41) is 14.2. The molecule has 4 nitrogen and oxygen atoms in total. The van der Waals surface area contributed by atoms with E-state index >= 15 is 4.39 Å². The van der Waals surface area contributed by atoms with Gasteiger partial charge in [0.15, 0.2) is 0 Å². The van der Waals surface area contributed by atoms with E-state index in [0.717, 1.165) is 35.0 Å². The first-order valence-electron chi connectivity index (χ1n) is 10.1. The molecular weight excluding hydrogens is 367 g/mol. The number of aromatic nitrogens is 1. The Hall–Kier alpha value is -2.79. The third-order valence-electron chi connectivity index (χ3n) is 5.72. The number of fused-ring (bicyclic) bond motifs is 1. The zero-order valence-corrected chi connectivity index (χ0v) is 16.5. The predicted molar refractivity (Wildman–Crippen MR) is 111 cm³/mol. The van der Waals surface area contributed by atoms with Crippen molar-refractivity contribution in [3.8, 4) is 0 Å². The summed E-state index contributed by atoms with van der Waals surface area (Å²) in [5.74, 6) is -0.989. The van der Waals surface area contributed by atoms with Crippen LogP contribution in [0.3, 0.4) is 0 Å². The summed E-state index contributed by atoms with van der Waals surface area (Å²) in [5.41, 5.74) is 2.84. The lowest BCUT2D eigenvalue weighted by Crippen LogP contribution is -2.45. The highest BCUT2D eigenvalue weighted by atomic mass is 19.1. The van der Waals surface area contributed by atoms with Crippen LogP contribution < -0.4 is 5.32 Å². The Morgan fingerprint density at radius 1 is 1.17 bits per heavy atom. The topological polar surface area (TPSA) is 62.2 Å².